The summed E-state index contributed by atoms with van der Waals surface area (Å²) in [6, 6.07) is 9.51. The average molecular weight is 390 g/mol. The van der Waals surface area contributed by atoms with Crippen LogP contribution < -0.4 is 5.32 Å². The van der Waals surface area contributed by atoms with Crippen molar-refractivity contribution >= 4 is 32.3 Å². The zero-order chi connectivity index (χ0) is 18.7. The number of nitriles is 1. The molecule has 3 rings (SSSR count). The van der Waals surface area contributed by atoms with E-state index in [2.05, 4.69) is 5.32 Å². The second-order valence-corrected chi connectivity index (χ2v) is 9.01. The lowest BCUT2D eigenvalue weighted by Crippen LogP contribution is -2.49. The number of carbonyl (C=O) groups excluding carboxylic acids is 1. The minimum absolute atomic E-state index is 0.191. The van der Waals surface area contributed by atoms with Gasteiger partial charge in [-0.25, -0.2) is 8.42 Å². The fourth-order valence-electron chi connectivity index (χ4n) is 2.99. The second-order valence-electron chi connectivity index (χ2n) is 6.20. The van der Waals surface area contributed by atoms with Crippen molar-refractivity contribution in [2.75, 3.05) is 11.9 Å². The van der Waals surface area contributed by atoms with Crippen molar-refractivity contribution < 1.29 is 13.2 Å². The Balaban J connectivity index is 1.87. The van der Waals surface area contributed by atoms with E-state index in [1.807, 2.05) is 13.0 Å². The quantitative estimate of drug-likeness (QED) is 0.870. The second kappa shape index (κ2) is 7.58. The van der Waals surface area contributed by atoms with Crippen LogP contribution in [0, 0.1) is 18.3 Å². The van der Waals surface area contributed by atoms with Crippen molar-refractivity contribution in [3.05, 3.63) is 46.8 Å². The van der Waals surface area contributed by atoms with E-state index in [0.29, 0.717) is 23.5 Å². The summed E-state index contributed by atoms with van der Waals surface area (Å²) in [7, 11) is -3.76. The molecule has 136 valence electrons. The Morgan fingerprint density at radius 3 is 2.69 bits per heavy atom. The number of piperidine rings is 1. The first-order chi connectivity index (χ1) is 12.4. The van der Waals surface area contributed by atoms with Gasteiger partial charge in [-0.15, -0.1) is 11.3 Å². The lowest BCUT2D eigenvalue weighted by Gasteiger charge is -2.33. The lowest BCUT2D eigenvalue weighted by atomic mass is 10.0. The van der Waals surface area contributed by atoms with Gasteiger partial charge in [0.05, 0.1) is 10.5 Å². The fraction of sp³-hybridized carbons (Fsp3) is 0.333. The molecular formula is C18H19N3O3S2. The minimum Gasteiger partial charge on any atom is -0.315 e. The van der Waals surface area contributed by atoms with E-state index in [1.165, 1.54) is 15.6 Å². The zero-order valence-electron chi connectivity index (χ0n) is 14.3. The van der Waals surface area contributed by atoms with Crippen molar-refractivity contribution in [3.8, 4) is 6.07 Å². The van der Waals surface area contributed by atoms with Crippen molar-refractivity contribution in [2.45, 2.75) is 37.1 Å². The minimum atomic E-state index is -3.76. The van der Waals surface area contributed by atoms with Gasteiger partial charge < -0.3 is 5.32 Å². The van der Waals surface area contributed by atoms with E-state index in [-0.39, 0.29) is 10.8 Å². The third-order valence-corrected chi connectivity index (χ3v) is 7.16. The van der Waals surface area contributed by atoms with Crippen LogP contribution in [-0.4, -0.2) is 31.2 Å². The molecular weight excluding hydrogens is 370 g/mol. The van der Waals surface area contributed by atoms with Gasteiger partial charge in [0.1, 0.15) is 17.1 Å². The maximum atomic E-state index is 13.0. The number of benzene rings is 1. The molecule has 1 atom stereocenters. The fourth-order valence-corrected chi connectivity index (χ4v) is 5.39. The monoisotopic (exact) mass is 389 g/mol. The van der Waals surface area contributed by atoms with Gasteiger partial charge in [-0.3, -0.25) is 4.79 Å². The van der Waals surface area contributed by atoms with Gasteiger partial charge in [0.2, 0.25) is 15.9 Å². The topological polar surface area (TPSA) is 90.3 Å². The number of rotatable bonds is 4. The Morgan fingerprint density at radius 1 is 1.27 bits per heavy atom. The summed E-state index contributed by atoms with van der Waals surface area (Å²) >= 11 is 1.25. The van der Waals surface area contributed by atoms with E-state index < -0.39 is 16.1 Å². The van der Waals surface area contributed by atoms with E-state index >= 15 is 0 Å². The highest BCUT2D eigenvalue weighted by atomic mass is 32.2. The molecule has 0 radical (unpaired) electrons. The van der Waals surface area contributed by atoms with Crippen molar-refractivity contribution in [2.24, 2.45) is 0 Å². The molecule has 1 aliphatic heterocycles. The molecule has 0 saturated carbocycles. The Hall–Kier alpha value is -2.21. The Bertz CT molecular complexity index is 943. The van der Waals surface area contributed by atoms with Crippen molar-refractivity contribution in [1.29, 1.82) is 5.26 Å². The van der Waals surface area contributed by atoms with E-state index in [9.17, 15) is 13.2 Å². The first kappa shape index (κ1) is 18.6. The number of hydrogen-bond donors (Lipinski definition) is 1. The number of hydrogen-bond acceptors (Lipinski definition) is 5. The third kappa shape index (κ3) is 3.65. The predicted molar refractivity (Wildman–Crippen MR) is 100 cm³/mol. The summed E-state index contributed by atoms with van der Waals surface area (Å²) < 4.78 is 27.4. The van der Waals surface area contributed by atoms with Gasteiger partial charge in [0.15, 0.2) is 0 Å². The van der Waals surface area contributed by atoms with Crippen molar-refractivity contribution in [3.63, 3.8) is 0 Å². The molecule has 0 aliphatic carbocycles. The number of sulfonamides is 1. The molecule has 1 amide bonds. The van der Waals surface area contributed by atoms with Crippen LogP contribution in [0.2, 0.25) is 0 Å². The normalized spacial score (nSPS) is 18.2. The standard InChI is InChI=1S/C18H19N3O3S2/c1-13-5-7-15(8-6-13)26(23,24)21-10-3-2-4-16(21)17(22)20-18-14(12-19)9-11-25-18/h5-9,11,16H,2-4,10H2,1H3,(H,20,22)/t16-/m1/s1. The molecule has 1 aromatic heterocycles. The molecule has 1 aliphatic rings. The molecule has 2 aromatic rings. The highest BCUT2D eigenvalue weighted by molar-refractivity contribution is 7.89. The molecule has 0 spiro atoms. The van der Waals surface area contributed by atoms with Crippen LogP contribution >= 0.6 is 11.3 Å². The van der Waals surface area contributed by atoms with Gasteiger partial charge in [0, 0.05) is 6.54 Å². The van der Waals surface area contributed by atoms with Gasteiger partial charge >= 0.3 is 0 Å². The van der Waals surface area contributed by atoms with Crippen LogP contribution in [0.1, 0.15) is 30.4 Å². The Kier molecular flexibility index (Phi) is 5.41. The summed E-state index contributed by atoms with van der Waals surface area (Å²) in [5.74, 6) is -0.390. The maximum Gasteiger partial charge on any atom is 0.243 e. The number of nitrogens with zero attached hydrogens (tertiary/aromatic N) is 2. The Labute approximate surface area is 157 Å². The molecule has 1 aromatic carbocycles. The van der Waals surface area contributed by atoms with Crippen LogP contribution in [-0.2, 0) is 14.8 Å². The first-order valence-electron chi connectivity index (χ1n) is 8.30. The molecule has 2 heterocycles. The summed E-state index contributed by atoms with van der Waals surface area (Å²) in [6.45, 7) is 2.20. The van der Waals surface area contributed by atoms with Gasteiger partial charge in [-0.1, -0.05) is 24.1 Å². The number of amides is 1. The van der Waals surface area contributed by atoms with Crippen LogP contribution in [0.4, 0.5) is 5.00 Å². The van der Waals surface area contributed by atoms with Gasteiger partial charge in [-0.2, -0.15) is 9.57 Å². The molecule has 8 heteroatoms. The highest BCUT2D eigenvalue weighted by Gasteiger charge is 2.37. The number of nitrogens with one attached hydrogen (secondary N) is 1. The summed E-state index contributed by atoms with van der Waals surface area (Å²) in [5, 5.41) is 14.0. The van der Waals surface area contributed by atoms with Gasteiger partial charge in [0.25, 0.3) is 0 Å². The van der Waals surface area contributed by atoms with Crippen LogP contribution in [0.3, 0.4) is 0 Å². The SMILES string of the molecule is Cc1ccc(S(=O)(=O)N2CCCC[C@@H]2C(=O)Nc2sccc2C#N)cc1. The number of aryl methyl sites for hydroxylation is 1. The molecule has 1 saturated heterocycles. The molecule has 6 nitrogen and oxygen atoms in total. The lowest BCUT2D eigenvalue weighted by molar-refractivity contribution is -0.120. The third-order valence-electron chi connectivity index (χ3n) is 4.41. The largest absolute Gasteiger partial charge is 0.315 e. The summed E-state index contributed by atoms with van der Waals surface area (Å²) in [5.41, 5.74) is 1.35. The first-order valence-corrected chi connectivity index (χ1v) is 10.6. The molecule has 1 N–H and O–H groups in total. The molecule has 0 bridgehead atoms. The molecule has 1 fully saturated rings. The smallest absolute Gasteiger partial charge is 0.243 e. The molecule has 26 heavy (non-hydrogen) atoms. The van der Waals surface area contributed by atoms with Gasteiger partial charge in [-0.05, 0) is 43.3 Å². The molecule has 0 unspecified atom stereocenters. The van der Waals surface area contributed by atoms with Crippen LogP contribution in [0.25, 0.3) is 0 Å². The van der Waals surface area contributed by atoms with Crippen LogP contribution in [0.15, 0.2) is 40.6 Å². The predicted octanol–water partition coefficient (Wildman–Crippen LogP) is 3.11. The Morgan fingerprint density at radius 2 is 2.00 bits per heavy atom. The number of anilines is 1. The summed E-state index contributed by atoms with van der Waals surface area (Å²) in [6.07, 6.45) is 1.97. The van der Waals surface area contributed by atoms with Crippen LogP contribution in [0.5, 0.6) is 0 Å². The average Bonchev–Trinajstić information content (AvgIpc) is 3.09. The zero-order valence-corrected chi connectivity index (χ0v) is 15.9. The van der Waals surface area contributed by atoms with E-state index in [0.717, 1.165) is 18.4 Å². The summed E-state index contributed by atoms with van der Waals surface area (Å²) in [4.78, 5) is 12.9. The number of thiophene rings is 1. The van der Waals surface area contributed by atoms with Crippen molar-refractivity contribution in [1.82, 2.24) is 4.31 Å². The van der Waals surface area contributed by atoms with E-state index in [4.69, 9.17) is 5.26 Å². The van der Waals surface area contributed by atoms with E-state index in [1.54, 1.807) is 35.7 Å². The maximum absolute atomic E-state index is 13.0. The number of carbonyl (C=O) groups is 1. The highest BCUT2D eigenvalue weighted by Crippen LogP contribution is 2.28.